The summed E-state index contributed by atoms with van der Waals surface area (Å²) in [5, 5.41) is 0. The number of nitrogens with zero attached hydrogens (tertiary/aromatic N) is 2. The number of nitrogens with two attached hydrogens (primary N) is 1. The number of rotatable bonds is 5. The van der Waals surface area contributed by atoms with Crippen molar-refractivity contribution in [3.05, 3.63) is 34.9 Å². The molecule has 2 N–H and O–H groups in total. The number of hydrogen-bond acceptors (Lipinski definition) is 3. The van der Waals surface area contributed by atoms with Crippen molar-refractivity contribution in [2.24, 2.45) is 5.73 Å². The van der Waals surface area contributed by atoms with Crippen LogP contribution in [0.3, 0.4) is 0 Å². The Kier molecular flexibility index (Phi) is 5.76. The van der Waals surface area contributed by atoms with Gasteiger partial charge in [-0.15, -0.1) is 0 Å². The predicted octanol–water partition coefficient (Wildman–Crippen LogP) is 1.80. The predicted molar refractivity (Wildman–Crippen MR) is 86.5 cm³/mol. The molecule has 0 saturated carbocycles. The fourth-order valence-electron chi connectivity index (χ4n) is 2.88. The summed E-state index contributed by atoms with van der Waals surface area (Å²) in [6.07, 6.45) is 2.24. The number of piperazine rings is 1. The Morgan fingerprint density at radius 1 is 1.14 bits per heavy atom. The first kappa shape index (κ1) is 16.0. The van der Waals surface area contributed by atoms with Gasteiger partial charge < -0.3 is 10.6 Å². The minimum atomic E-state index is 0.175. The first-order valence-electron chi connectivity index (χ1n) is 7.91. The molecular weight excluding hydrogens is 262 g/mol. The maximum Gasteiger partial charge on any atom is 0.254 e. The van der Waals surface area contributed by atoms with Crippen LogP contribution >= 0.6 is 0 Å². The largest absolute Gasteiger partial charge is 0.336 e. The molecule has 0 aliphatic carbocycles. The number of aryl methyl sites for hydroxylation is 2. The Morgan fingerprint density at radius 3 is 2.48 bits per heavy atom. The number of hydrogen-bond donors (Lipinski definition) is 1. The lowest BCUT2D eigenvalue weighted by Gasteiger charge is -2.35. The van der Waals surface area contributed by atoms with Crippen molar-refractivity contribution in [2.45, 2.75) is 26.7 Å². The van der Waals surface area contributed by atoms with Gasteiger partial charge in [0, 0.05) is 31.7 Å². The smallest absolute Gasteiger partial charge is 0.254 e. The van der Waals surface area contributed by atoms with Gasteiger partial charge in [0.15, 0.2) is 0 Å². The molecule has 1 saturated heterocycles. The molecule has 4 nitrogen and oxygen atoms in total. The molecule has 2 rings (SSSR count). The van der Waals surface area contributed by atoms with Gasteiger partial charge in [-0.05, 0) is 51.4 Å². The molecule has 0 bridgehead atoms. The number of unbranched alkanes of at least 4 members (excludes halogenated alkanes) is 1. The number of carbonyl (C=O) groups is 1. The topological polar surface area (TPSA) is 49.6 Å². The standard InChI is InChI=1S/C17H27N3O/c1-14-5-6-16(15(2)13-14)17(21)20-11-9-19(10-12-20)8-4-3-7-18/h5-6,13H,3-4,7-12,18H2,1-2H3. The monoisotopic (exact) mass is 289 g/mol. The Balaban J connectivity index is 1.88. The maximum atomic E-state index is 12.6. The Labute approximate surface area is 127 Å². The molecule has 116 valence electrons. The van der Waals surface area contributed by atoms with Gasteiger partial charge in [-0.2, -0.15) is 0 Å². The number of amides is 1. The highest BCUT2D eigenvalue weighted by molar-refractivity contribution is 5.95. The van der Waals surface area contributed by atoms with Crippen molar-refractivity contribution in [2.75, 3.05) is 39.3 Å². The summed E-state index contributed by atoms with van der Waals surface area (Å²) in [7, 11) is 0. The molecule has 1 aromatic rings. The van der Waals surface area contributed by atoms with Gasteiger partial charge in [0.2, 0.25) is 0 Å². The maximum absolute atomic E-state index is 12.6. The van der Waals surface area contributed by atoms with Crippen LogP contribution in [0, 0.1) is 13.8 Å². The van der Waals surface area contributed by atoms with Gasteiger partial charge in [-0.25, -0.2) is 0 Å². The summed E-state index contributed by atoms with van der Waals surface area (Å²) in [4.78, 5) is 17.0. The Morgan fingerprint density at radius 2 is 1.86 bits per heavy atom. The lowest BCUT2D eigenvalue weighted by atomic mass is 10.0. The molecule has 4 heteroatoms. The molecule has 0 radical (unpaired) electrons. The first-order valence-corrected chi connectivity index (χ1v) is 7.91. The van der Waals surface area contributed by atoms with E-state index >= 15 is 0 Å². The third-order valence-electron chi connectivity index (χ3n) is 4.20. The van der Waals surface area contributed by atoms with E-state index in [0.29, 0.717) is 0 Å². The highest BCUT2D eigenvalue weighted by atomic mass is 16.2. The third kappa shape index (κ3) is 4.29. The van der Waals surface area contributed by atoms with Crippen LogP contribution in [0.4, 0.5) is 0 Å². The van der Waals surface area contributed by atoms with E-state index < -0.39 is 0 Å². The highest BCUT2D eigenvalue weighted by Gasteiger charge is 2.22. The van der Waals surface area contributed by atoms with E-state index in [1.165, 1.54) is 5.56 Å². The summed E-state index contributed by atoms with van der Waals surface area (Å²) in [5.74, 6) is 0.175. The van der Waals surface area contributed by atoms with E-state index in [0.717, 1.165) is 63.2 Å². The van der Waals surface area contributed by atoms with Crippen LogP contribution < -0.4 is 5.73 Å². The van der Waals surface area contributed by atoms with Crippen molar-refractivity contribution in [1.29, 1.82) is 0 Å². The molecule has 1 aromatic carbocycles. The highest BCUT2D eigenvalue weighted by Crippen LogP contribution is 2.15. The van der Waals surface area contributed by atoms with Crippen LogP contribution in [0.1, 0.15) is 34.3 Å². The summed E-state index contributed by atoms with van der Waals surface area (Å²) >= 11 is 0. The lowest BCUT2D eigenvalue weighted by molar-refractivity contribution is 0.0635. The molecule has 1 amide bonds. The molecular formula is C17H27N3O. The zero-order chi connectivity index (χ0) is 15.2. The van der Waals surface area contributed by atoms with E-state index in [4.69, 9.17) is 5.73 Å². The summed E-state index contributed by atoms with van der Waals surface area (Å²) in [6, 6.07) is 6.06. The molecule has 1 heterocycles. The van der Waals surface area contributed by atoms with Crippen molar-refractivity contribution in [3.8, 4) is 0 Å². The van der Waals surface area contributed by atoms with Crippen molar-refractivity contribution in [3.63, 3.8) is 0 Å². The molecule has 0 atom stereocenters. The van der Waals surface area contributed by atoms with Crippen molar-refractivity contribution < 1.29 is 4.79 Å². The summed E-state index contributed by atoms with van der Waals surface area (Å²) in [5.41, 5.74) is 8.65. The average Bonchev–Trinajstić information content (AvgIpc) is 2.48. The molecule has 0 unspecified atom stereocenters. The van der Waals surface area contributed by atoms with E-state index in [1.807, 2.05) is 24.0 Å². The number of benzene rings is 1. The van der Waals surface area contributed by atoms with Gasteiger partial charge in [-0.1, -0.05) is 17.7 Å². The van der Waals surface area contributed by atoms with Crippen LogP contribution in [-0.4, -0.2) is 55.0 Å². The van der Waals surface area contributed by atoms with Crippen LogP contribution in [-0.2, 0) is 0 Å². The second-order valence-corrected chi connectivity index (χ2v) is 5.95. The van der Waals surface area contributed by atoms with Gasteiger partial charge >= 0.3 is 0 Å². The summed E-state index contributed by atoms with van der Waals surface area (Å²) < 4.78 is 0. The summed E-state index contributed by atoms with van der Waals surface area (Å²) in [6.45, 7) is 9.55. The Bertz CT molecular complexity index is 479. The number of carbonyl (C=O) groups excluding carboxylic acids is 1. The average molecular weight is 289 g/mol. The molecule has 1 aliphatic rings. The van der Waals surface area contributed by atoms with Crippen LogP contribution in [0.25, 0.3) is 0 Å². The van der Waals surface area contributed by atoms with Gasteiger partial charge in [0.25, 0.3) is 5.91 Å². The molecule has 0 spiro atoms. The van der Waals surface area contributed by atoms with Gasteiger partial charge in [-0.3, -0.25) is 9.69 Å². The zero-order valence-electron chi connectivity index (χ0n) is 13.3. The van der Waals surface area contributed by atoms with E-state index in [-0.39, 0.29) is 5.91 Å². The molecule has 1 fully saturated rings. The van der Waals surface area contributed by atoms with Crippen molar-refractivity contribution >= 4 is 5.91 Å². The fraction of sp³-hybridized carbons (Fsp3) is 0.588. The first-order chi connectivity index (χ1) is 10.1. The zero-order valence-corrected chi connectivity index (χ0v) is 13.3. The van der Waals surface area contributed by atoms with E-state index in [1.54, 1.807) is 0 Å². The Hall–Kier alpha value is -1.39. The molecule has 21 heavy (non-hydrogen) atoms. The second-order valence-electron chi connectivity index (χ2n) is 5.95. The van der Waals surface area contributed by atoms with Gasteiger partial charge in [0.05, 0.1) is 0 Å². The fourth-order valence-corrected chi connectivity index (χ4v) is 2.88. The van der Waals surface area contributed by atoms with E-state index in [9.17, 15) is 4.79 Å². The van der Waals surface area contributed by atoms with Crippen LogP contribution in [0.5, 0.6) is 0 Å². The van der Waals surface area contributed by atoms with Crippen molar-refractivity contribution in [1.82, 2.24) is 9.80 Å². The quantitative estimate of drug-likeness (QED) is 0.841. The minimum absolute atomic E-state index is 0.175. The van der Waals surface area contributed by atoms with E-state index in [2.05, 4.69) is 17.9 Å². The third-order valence-corrected chi connectivity index (χ3v) is 4.20. The molecule has 1 aliphatic heterocycles. The van der Waals surface area contributed by atoms with Crippen LogP contribution in [0.15, 0.2) is 18.2 Å². The minimum Gasteiger partial charge on any atom is -0.336 e. The lowest BCUT2D eigenvalue weighted by Crippen LogP contribution is -2.49. The normalized spacial score (nSPS) is 16.2. The van der Waals surface area contributed by atoms with Crippen LogP contribution in [0.2, 0.25) is 0 Å². The second kappa shape index (κ2) is 7.57. The SMILES string of the molecule is Cc1ccc(C(=O)N2CCN(CCCCN)CC2)c(C)c1. The van der Waals surface area contributed by atoms with Gasteiger partial charge in [0.1, 0.15) is 0 Å². The molecule has 0 aromatic heterocycles.